The minimum absolute atomic E-state index is 0.253. The molecule has 2 aromatic rings. The van der Waals surface area contributed by atoms with Crippen LogP contribution in [0.15, 0.2) is 28.8 Å². The van der Waals surface area contributed by atoms with Gasteiger partial charge in [-0.05, 0) is 30.5 Å². The molecule has 1 aromatic carbocycles. The molecule has 1 aromatic heterocycles. The summed E-state index contributed by atoms with van der Waals surface area (Å²) in [5.74, 6) is 1.01. The Hall–Kier alpha value is -2.21. The molecule has 1 saturated carbocycles. The largest absolute Gasteiger partial charge is 0.465 e. The third-order valence-corrected chi connectivity index (χ3v) is 4.64. The van der Waals surface area contributed by atoms with Crippen LogP contribution in [0.3, 0.4) is 0 Å². The van der Waals surface area contributed by atoms with Gasteiger partial charge in [0.2, 0.25) is 5.89 Å². The first-order chi connectivity index (χ1) is 11.6. The molecule has 1 aliphatic rings. The van der Waals surface area contributed by atoms with Gasteiger partial charge in [-0.25, -0.2) is 4.79 Å². The van der Waals surface area contributed by atoms with E-state index < -0.39 is 0 Å². The molecule has 24 heavy (non-hydrogen) atoms. The van der Waals surface area contributed by atoms with Gasteiger partial charge in [-0.1, -0.05) is 36.6 Å². The first-order valence-corrected chi connectivity index (χ1v) is 8.36. The summed E-state index contributed by atoms with van der Waals surface area (Å²) >= 11 is 0. The number of aromatic nitrogens is 2. The molecule has 1 heterocycles. The maximum atomic E-state index is 11.7. The Morgan fingerprint density at radius 2 is 2.12 bits per heavy atom. The number of esters is 1. The predicted molar refractivity (Wildman–Crippen MR) is 88.4 cm³/mol. The molecule has 0 aliphatic heterocycles. The zero-order chi connectivity index (χ0) is 17.0. The van der Waals surface area contributed by atoms with Crippen LogP contribution in [0.4, 0.5) is 0 Å². The molecule has 6 nitrogen and oxygen atoms in total. The lowest BCUT2D eigenvalue weighted by atomic mass is 9.81. The van der Waals surface area contributed by atoms with E-state index in [-0.39, 0.29) is 11.5 Å². The van der Waals surface area contributed by atoms with Gasteiger partial charge in [0, 0.05) is 13.5 Å². The summed E-state index contributed by atoms with van der Waals surface area (Å²) in [5.41, 5.74) is 1.34. The molecule has 0 spiro atoms. The van der Waals surface area contributed by atoms with Crippen LogP contribution in [0.1, 0.15) is 59.7 Å². The number of hydrogen-bond acceptors (Lipinski definition) is 6. The summed E-state index contributed by atoms with van der Waals surface area (Å²) in [6.07, 6.45) is 5.50. The molecule has 0 bridgehead atoms. The molecule has 0 unspecified atom stereocenters. The van der Waals surface area contributed by atoms with Gasteiger partial charge < -0.3 is 14.6 Å². The highest BCUT2D eigenvalue weighted by Crippen LogP contribution is 2.36. The Morgan fingerprint density at radius 3 is 2.79 bits per heavy atom. The van der Waals surface area contributed by atoms with Crippen LogP contribution in [0.5, 0.6) is 0 Å². The molecule has 0 radical (unpaired) electrons. The molecule has 1 N–H and O–H groups in total. The molecule has 6 heteroatoms. The molecule has 1 fully saturated rings. The summed E-state index contributed by atoms with van der Waals surface area (Å²) in [7, 11) is 1.39. The number of ether oxygens (including phenoxy) is 1. The van der Waals surface area contributed by atoms with Crippen LogP contribution < -0.4 is 5.32 Å². The van der Waals surface area contributed by atoms with Crippen molar-refractivity contribution in [2.24, 2.45) is 0 Å². The van der Waals surface area contributed by atoms with E-state index in [0.29, 0.717) is 18.0 Å². The number of methoxy groups -OCH3 is 1. The first kappa shape index (κ1) is 16.6. The van der Waals surface area contributed by atoms with Gasteiger partial charge in [0.1, 0.15) is 0 Å². The maximum absolute atomic E-state index is 11.7. The van der Waals surface area contributed by atoms with Crippen molar-refractivity contribution in [2.45, 2.75) is 51.1 Å². The molecular formula is C18H23N3O3. The van der Waals surface area contributed by atoms with Crippen molar-refractivity contribution in [3.8, 4) is 0 Å². The molecule has 3 rings (SSSR count). The quantitative estimate of drug-likeness (QED) is 0.849. The smallest absolute Gasteiger partial charge is 0.337 e. The van der Waals surface area contributed by atoms with Crippen LogP contribution >= 0.6 is 0 Å². The Bertz CT molecular complexity index is 705. The van der Waals surface area contributed by atoms with Crippen LogP contribution in [-0.2, 0) is 16.8 Å². The molecule has 1 aliphatic carbocycles. The third-order valence-electron chi connectivity index (χ3n) is 4.64. The van der Waals surface area contributed by atoms with Crippen LogP contribution in [-0.4, -0.2) is 23.2 Å². The normalized spacial score (nSPS) is 16.8. The van der Waals surface area contributed by atoms with Gasteiger partial charge in [0.15, 0.2) is 5.82 Å². The Kier molecular flexibility index (Phi) is 4.94. The highest BCUT2D eigenvalue weighted by Gasteiger charge is 2.37. The van der Waals surface area contributed by atoms with Crippen LogP contribution in [0, 0.1) is 6.92 Å². The minimum Gasteiger partial charge on any atom is -0.465 e. The standard InChI is InChI=1S/C18H23N3O3/c1-13-20-17(21-24-13)18(9-4-3-5-10-18)19-12-14-7-6-8-15(11-14)16(22)23-2/h6-8,11,19H,3-5,9-10,12H2,1-2H3. The molecule has 0 saturated heterocycles. The van der Waals surface area contributed by atoms with E-state index >= 15 is 0 Å². The van der Waals surface area contributed by atoms with Crippen molar-refractivity contribution < 1.29 is 14.1 Å². The Labute approximate surface area is 141 Å². The molecule has 0 atom stereocenters. The number of nitrogens with zero attached hydrogens (tertiary/aromatic N) is 2. The highest BCUT2D eigenvalue weighted by atomic mass is 16.5. The SMILES string of the molecule is COC(=O)c1cccc(CNC2(c3noc(C)n3)CCCCC2)c1. The highest BCUT2D eigenvalue weighted by molar-refractivity contribution is 5.89. The summed E-state index contributed by atoms with van der Waals surface area (Å²) in [4.78, 5) is 16.1. The van der Waals surface area contributed by atoms with Gasteiger partial charge in [-0.15, -0.1) is 0 Å². The summed E-state index contributed by atoms with van der Waals surface area (Å²) in [5, 5.41) is 7.79. The number of aryl methyl sites for hydroxylation is 1. The van der Waals surface area contributed by atoms with Crippen molar-refractivity contribution in [3.05, 3.63) is 47.1 Å². The topological polar surface area (TPSA) is 77.2 Å². The second kappa shape index (κ2) is 7.13. The van der Waals surface area contributed by atoms with E-state index in [1.807, 2.05) is 25.1 Å². The maximum Gasteiger partial charge on any atom is 0.337 e. The summed E-state index contributed by atoms with van der Waals surface area (Å²) in [6.45, 7) is 2.45. The minimum atomic E-state index is -0.321. The fourth-order valence-corrected chi connectivity index (χ4v) is 3.33. The van der Waals surface area contributed by atoms with E-state index in [9.17, 15) is 4.79 Å². The third kappa shape index (κ3) is 3.48. The van der Waals surface area contributed by atoms with Crippen LogP contribution in [0.2, 0.25) is 0 Å². The van der Waals surface area contributed by atoms with Crippen molar-refractivity contribution >= 4 is 5.97 Å². The lowest BCUT2D eigenvalue weighted by molar-refractivity contribution is 0.0600. The van der Waals surface area contributed by atoms with Crippen molar-refractivity contribution in [3.63, 3.8) is 0 Å². The van der Waals surface area contributed by atoms with E-state index in [4.69, 9.17) is 9.26 Å². The van der Waals surface area contributed by atoms with Gasteiger partial charge in [0.05, 0.1) is 18.2 Å². The number of carbonyl (C=O) groups excluding carboxylic acids is 1. The lowest BCUT2D eigenvalue weighted by Crippen LogP contribution is -2.44. The van der Waals surface area contributed by atoms with Gasteiger partial charge in [0.25, 0.3) is 0 Å². The van der Waals surface area contributed by atoms with E-state index in [2.05, 4.69) is 15.5 Å². The lowest BCUT2D eigenvalue weighted by Gasteiger charge is -2.35. The molecule has 0 amide bonds. The van der Waals surface area contributed by atoms with Crippen molar-refractivity contribution in [2.75, 3.05) is 7.11 Å². The van der Waals surface area contributed by atoms with Crippen molar-refractivity contribution in [1.29, 1.82) is 0 Å². The molecule has 128 valence electrons. The first-order valence-electron chi connectivity index (χ1n) is 8.36. The van der Waals surface area contributed by atoms with Crippen molar-refractivity contribution in [1.82, 2.24) is 15.5 Å². The van der Waals surface area contributed by atoms with E-state index in [1.54, 1.807) is 6.07 Å². The number of hydrogen-bond donors (Lipinski definition) is 1. The second-order valence-electron chi connectivity index (χ2n) is 6.33. The average molecular weight is 329 g/mol. The zero-order valence-electron chi connectivity index (χ0n) is 14.2. The Morgan fingerprint density at radius 1 is 1.33 bits per heavy atom. The number of carbonyl (C=O) groups is 1. The number of rotatable bonds is 5. The number of nitrogens with one attached hydrogen (secondary N) is 1. The fraction of sp³-hybridized carbons (Fsp3) is 0.500. The van der Waals surface area contributed by atoms with Crippen LogP contribution in [0.25, 0.3) is 0 Å². The molecular weight excluding hydrogens is 306 g/mol. The van der Waals surface area contributed by atoms with Gasteiger partial charge >= 0.3 is 5.97 Å². The summed E-state index contributed by atoms with van der Waals surface area (Å²) < 4.78 is 9.98. The van der Waals surface area contributed by atoms with E-state index in [1.165, 1.54) is 13.5 Å². The predicted octanol–water partition coefficient (Wildman–Crippen LogP) is 3.11. The van der Waals surface area contributed by atoms with Gasteiger partial charge in [-0.2, -0.15) is 4.98 Å². The average Bonchev–Trinajstić information content (AvgIpc) is 3.07. The number of benzene rings is 1. The fourth-order valence-electron chi connectivity index (χ4n) is 3.33. The second-order valence-corrected chi connectivity index (χ2v) is 6.33. The summed E-state index contributed by atoms with van der Waals surface area (Å²) in [6, 6.07) is 7.48. The van der Waals surface area contributed by atoms with E-state index in [0.717, 1.165) is 37.1 Å². The Balaban J connectivity index is 1.78. The monoisotopic (exact) mass is 329 g/mol. The zero-order valence-corrected chi connectivity index (χ0v) is 14.2. The van der Waals surface area contributed by atoms with Gasteiger partial charge in [-0.3, -0.25) is 0 Å².